The molecule has 0 saturated carbocycles. The zero-order valence-electron chi connectivity index (χ0n) is 12.1. The maximum atomic E-state index is 12.4. The Morgan fingerprint density at radius 3 is 2.74 bits per heavy atom. The summed E-state index contributed by atoms with van der Waals surface area (Å²) in [5.41, 5.74) is 8.89. The summed E-state index contributed by atoms with van der Waals surface area (Å²) >= 11 is 1.62. The molecule has 3 N–H and O–H groups in total. The molecule has 0 bridgehead atoms. The van der Waals surface area contributed by atoms with Gasteiger partial charge in [-0.25, -0.2) is 4.85 Å². The van der Waals surface area contributed by atoms with Crippen molar-refractivity contribution in [3.05, 3.63) is 77.0 Å². The number of hydrogen-bond donors (Lipinski definition) is 2. The molecule has 0 saturated heterocycles. The highest BCUT2D eigenvalue weighted by Gasteiger charge is 2.10. The van der Waals surface area contributed by atoms with Crippen molar-refractivity contribution < 1.29 is 4.79 Å². The van der Waals surface area contributed by atoms with E-state index in [9.17, 15) is 4.79 Å². The molecule has 2 aromatic carbocycles. The number of anilines is 2. The fourth-order valence-electron chi connectivity index (χ4n) is 2.17. The number of rotatable bonds is 3. The topological polar surface area (TPSA) is 59.5 Å². The first-order valence-corrected chi connectivity index (χ1v) is 7.77. The number of carbonyl (C=O) groups excluding carboxylic acids is 1. The summed E-state index contributed by atoms with van der Waals surface area (Å²) in [4.78, 5) is 16.8. The lowest BCUT2D eigenvalue weighted by Gasteiger charge is -2.10. The number of carbonyl (C=O) groups is 1. The van der Waals surface area contributed by atoms with Gasteiger partial charge in [-0.2, -0.15) is 0 Å². The molecule has 112 valence electrons. The van der Waals surface area contributed by atoms with Crippen molar-refractivity contribution in [2.24, 2.45) is 0 Å². The molecule has 23 heavy (non-hydrogen) atoms. The second-order valence-electron chi connectivity index (χ2n) is 4.90. The van der Waals surface area contributed by atoms with Gasteiger partial charge in [0.2, 0.25) is 0 Å². The third-order valence-electron chi connectivity index (χ3n) is 3.34. The summed E-state index contributed by atoms with van der Waals surface area (Å²) in [7, 11) is 0. The van der Waals surface area contributed by atoms with Gasteiger partial charge in [0.1, 0.15) is 0 Å². The summed E-state index contributed by atoms with van der Waals surface area (Å²) in [5.74, 6) is -0.287. The number of benzene rings is 2. The van der Waals surface area contributed by atoms with Crippen LogP contribution in [0.2, 0.25) is 0 Å². The zero-order valence-corrected chi connectivity index (χ0v) is 12.9. The average molecular weight is 319 g/mol. The van der Waals surface area contributed by atoms with Gasteiger partial charge >= 0.3 is 0 Å². The van der Waals surface area contributed by atoms with Gasteiger partial charge in [-0.3, -0.25) is 4.79 Å². The van der Waals surface area contributed by atoms with Crippen molar-refractivity contribution in [3.8, 4) is 10.4 Å². The molecule has 0 aliphatic heterocycles. The van der Waals surface area contributed by atoms with Crippen LogP contribution in [0.1, 0.15) is 10.4 Å². The number of nitrogens with zero attached hydrogens (tertiary/aromatic N) is 1. The van der Waals surface area contributed by atoms with Gasteiger partial charge in [0.25, 0.3) is 5.91 Å². The fourth-order valence-corrected chi connectivity index (χ4v) is 2.90. The summed E-state index contributed by atoms with van der Waals surface area (Å²) in [5, 5.41) is 4.82. The van der Waals surface area contributed by atoms with Crippen molar-refractivity contribution in [1.82, 2.24) is 0 Å². The summed E-state index contributed by atoms with van der Waals surface area (Å²) in [6.07, 6.45) is 0. The Morgan fingerprint density at radius 1 is 1.13 bits per heavy atom. The molecule has 0 aliphatic carbocycles. The molecule has 4 nitrogen and oxygen atoms in total. The Labute approximate surface area is 138 Å². The number of nitrogens with one attached hydrogen (secondary N) is 1. The average Bonchev–Trinajstić information content (AvgIpc) is 3.11. The van der Waals surface area contributed by atoms with Crippen LogP contribution in [0.25, 0.3) is 15.3 Å². The number of nitrogens with two attached hydrogens (primary N) is 1. The van der Waals surface area contributed by atoms with Crippen LogP contribution < -0.4 is 11.1 Å². The van der Waals surface area contributed by atoms with E-state index < -0.39 is 0 Å². The van der Waals surface area contributed by atoms with Gasteiger partial charge in [0.15, 0.2) is 5.69 Å². The number of amides is 1. The van der Waals surface area contributed by atoms with E-state index in [0.717, 1.165) is 10.4 Å². The van der Waals surface area contributed by atoms with E-state index in [4.69, 9.17) is 12.3 Å². The van der Waals surface area contributed by atoms with Gasteiger partial charge in [0.05, 0.1) is 17.9 Å². The van der Waals surface area contributed by atoms with E-state index >= 15 is 0 Å². The SMILES string of the molecule is [C-]#[N+]c1cccc(C(=O)Nc2cc(-c3cccs3)ccc2N)c1. The van der Waals surface area contributed by atoms with Crippen molar-refractivity contribution in [3.63, 3.8) is 0 Å². The second-order valence-corrected chi connectivity index (χ2v) is 5.84. The molecule has 0 atom stereocenters. The van der Waals surface area contributed by atoms with E-state index in [2.05, 4.69) is 10.2 Å². The van der Waals surface area contributed by atoms with Crippen molar-refractivity contribution in [2.45, 2.75) is 0 Å². The fraction of sp³-hybridized carbons (Fsp3) is 0. The van der Waals surface area contributed by atoms with E-state index in [0.29, 0.717) is 22.6 Å². The molecule has 0 aliphatic rings. The molecule has 0 fully saturated rings. The van der Waals surface area contributed by atoms with Crippen molar-refractivity contribution in [2.75, 3.05) is 11.1 Å². The molecular weight excluding hydrogens is 306 g/mol. The minimum absolute atomic E-state index is 0.287. The van der Waals surface area contributed by atoms with Gasteiger partial charge < -0.3 is 11.1 Å². The van der Waals surface area contributed by atoms with Crippen molar-refractivity contribution >= 4 is 34.3 Å². The Morgan fingerprint density at radius 2 is 2.00 bits per heavy atom. The smallest absolute Gasteiger partial charge is 0.254 e. The van der Waals surface area contributed by atoms with Crippen molar-refractivity contribution in [1.29, 1.82) is 0 Å². The molecule has 1 heterocycles. The second kappa shape index (κ2) is 6.34. The highest BCUT2D eigenvalue weighted by Crippen LogP contribution is 2.30. The summed E-state index contributed by atoms with van der Waals surface area (Å²) in [6.45, 7) is 7.02. The molecule has 3 rings (SSSR count). The maximum Gasteiger partial charge on any atom is 0.254 e. The van der Waals surface area contributed by atoms with E-state index in [-0.39, 0.29) is 5.91 Å². The Hall–Kier alpha value is -3.10. The molecule has 3 aromatic rings. The van der Waals surface area contributed by atoms with Crippen LogP contribution in [0.15, 0.2) is 60.0 Å². The minimum Gasteiger partial charge on any atom is -0.397 e. The molecule has 0 radical (unpaired) electrons. The highest BCUT2D eigenvalue weighted by molar-refractivity contribution is 7.13. The first-order chi connectivity index (χ1) is 11.2. The minimum atomic E-state index is -0.287. The van der Waals surface area contributed by atoms with Gasteiger partial charge in [0, 0.05) is 10.4 Å². The summed E-state index contributed by atoms with van der Waals surface area (Å²) in [6, 6.07) is 16.1. The first kappa shape index (κ1) is 14.8. The Bertz CT molecular complexity index is 895. The molecule has 1 aromatic heterocycles. The van der Waals surface area contributed by atoms with Gasteiger partial charge in [-0.15, -0.1) is 11.3 Å². The molecule has 1 amide bonds. The molecule has 0 spiro atoms. The van der Waals surface area contributed by atoms with E-state index in [1.165, 1.54) is 0 Å². The Kier molecular flexibility index (Phi) is 4.09. The number of nitrogen functional groups attached to an aromatic ring is 1. The van der Waals surface area contributed by atoms with Crippen LogP contribution in [0.5, 0.6) is 0 Å². The number of hydrogen-bond acceptors (Lipinski definition) is 3. The van der Waals surface area contributed by atoms with Crippen LogP contribution in [-0.2, 0) is 0 Å². The van der Waals surface area contributed by atoms with Crippen LogP contribution in [0.3, 0.4) is 0 Å². The van der Waals surface area contributed by atoms with Crippen LogP contribution in [0, 0.1) is 6.57 Å². The predicted molar refractivity (Wildman–Crippen MR) is 94.8 cm³/mol. The van der Waals surface area contributed by atoms with Gasteiger partial charge in [-0.05, 0) is 35.2 Å². The van der Waals surface area contributed by atoms with E-state index in [1.54, 1.807) is 41.7 Å². The summed E-state index contributed by atoms with van der Waals surface area (Å²) < 4.78 is 0. The third kappa shape index (κ3) is 3.23. The lowest BCUT2D eigenvalue weighted by molar-refractivity contribution is 0.102. The van der Waals surface area contributed by atoms with E-state index in [1.807, 2.05) is 29.6 Å². The predicted octanol–water partition coefficient (Wildman–Crippen LogP) is 4.80. The zero-order chi connectivity index (χ0) is 16.2. The Balaban J connectivity index is 1.89. The van der Waals surface area contributed by atoms with Gasteiger partial charge in [-0.1, -0.05) is 30.3 Å². The standard InChI is InChI=1S/C18H13N3OS/c1-20-14-5-2-4-13(10-14)18(22)21-16-11-12(7-8-15(16)19)17-6-3-9-23-17/h2-11H,19H2,(H,21,22). The third-order valence-corrected chi connectivity index (χ3v) is 4.26. The largest absolute Gasteiger partial charge is 0.397 e. The molecular formula is C18H13N3OS. The quantitative estimate of drug-likeness (QED) is 0.538. The van der Waals surface area contributed by atoms with Crippen LogP contribution in [0.4, 0.5) is 17.1 Å². The normalized spacial score (nSPS) is 10.0. The van der Waals surface area contributed by atoms with Crippen LogP contribution >= 0.6 is 11.3 Å². The monoisotopic (exact) mass is 319 g/mol. The first-order valence-electron chi connectivity index (χ1n) is 6.89. The lowest BCUT2D eigenvalue weighted by Crippen LogP contribution is -2.13. The highest BCUT2D eigenvalue weighted by atomic mass is 32.1. The maximum absolute atomic E-state index is 12.4. The molecule has 5 heteroatoms. The number of thiophene rings is 1. The molecule has 0 unspecified atom stereocenters. The van der Waals surface area contributed by atoms with Crippen LogP contribution in [-0.4, -0.2) is 5.91 Å². The lowest BCUT2D eigenvalue weighted by atomic mass is 10.1.